The van der Waals surface area contributed by atoms with Gasteiger partial charge in [-0.2, -0.15) is 0 Å². The first-order chi connectivity index (χ1) is 14.1. The SMILES string of the molecule is CCO[P@](=O)(c1ccccc1)[C@H](NC(=O)c1ccccc1)C(=O)c1ccccc1. The van der Waals surface area contributed by atoms with Crippen LogP contribution in [0.25, 0.3) is 0 Å². The fourth-order valence-corrected chi connectivity index (χ4v) is 5.30. The van der Waals surface area contributed by atoms with E-state index in [-0.39, 0.29) is 6.61 Å². The number of ketones is 1. The van der Waals surface area contributed by atoms with Gasteiger partial charge in [0.05, 0.1) is 6.61 Å². The molecular weight excluding hydrogens is 385 g/mol. The van der Waals surface area contributed by atoms with E-state index < -0.39 is 24.8 Å². The Labute approximate surface area is 170 Å². The predicted octanol–water partition coefficient (Wildman–Crippen LogP) is 4.27. The Morgan fingerprint density at radius 2 is 1.31 bits per heavy atom. The Balaban J connectivity index is 2.07. The zero-order valence-electron chi connectivity index (χ0n) is 16.0. The molecule has 2 atom stereocenters. The molecule has 29 heavy (non-hydrogen) atoms. The molecule has 0 aliphatic rings. The van der Waals surface area contributed by atoms with Gasteiger partial charge >= 0.3 is 0 Å². The molecule has 0 aromatic heterocycles. The summed E-state index contributed by atoms with van der Waals surface area (Å²) in [6.45, 7) is 1.84. The zero-order chi connectivity index (χ0) is 20.7. The molecular formula is C23H22NO4P. The molecule has 0 aliphatic carbocycles. The quantitative estimate of drug-likeness (QED) is 0.447. The van der Waals surface area contributed by atoms with Crippen LogP contribution in [0.3, 0.4) is 0 Å². The van der Waals surface area contributed by atoms with Gasteiger partial charge in [-0.25, -0.2) is 0 Å². The molecule has 0 heterocycles. The largest absolute Gasteiger partial charge is 0.333 e. The van der Waals surface area contributed by atoms with Crippen molar-refractivity contribution in [2.24, 2.45) is 0 Å². The first kappa shape index (κ1) is 20.7. The molecule has 6 heteroatoms. The molecule has 0 unspecified atom stereocenters. The number of carbonyl (C=O) groups excluding carboxylic acids is 2. The average Bonchev–Trinajstić information content (AvgIpc) is 2.78. The van der Waals surface area contributed by atoms with Crippen LogP contribution >= 0.6 is 7.37 Å². The summed E-state index contributed by atoms with van der Waals surface area (Å²) >= 11 is 0. The monoisotopic (exact) mass is 407 g/mol. The van der Waals surface area contributed by atoms with Crippen molar-refractivity contribution in [2.75, 3.05) is 6.61 Å². The normalized spacial score (nSPS) is 13.8. The minimum absolute atomic E-state index is 0.131. The van der Waals surface area contributed by atoms with E-state index in [1.807, 2.05) is 0 Å². The van der Waals surface area contributed by atoms with Gasteiger partial charge in [0.2, 0.25) is 0 Å². The van der Waals surface area contributed by atoms with Gasteiger partial charge in [0.25, 0.3) is 13.3 Å². The highest BCUT2D eigenvalue weighted by molar-refractivity contribution is 7.68. The predicted molar refractivity (Wildman–Crippen MR) is 114 cm³/mol. The van der Waals surface area contributed by atoms with Crippen molar-refractivity contribution in [3.8, 4) is 0 Å². The summed E-state index contributed by atoms with van der Waals surface area (Å²) in [5, 5.41) is 3.06. The maximum Gasteiger partial charge on any atom is 0.261 e. The molecule has 0 saturated carbocycles. The lowest BCUT2D eigenvalue weighted by Crippen LogP contribution is -2.43. The number of hydrogen-bond acceptors (Lipinski definition) is 4. The Morgan fingerprint density at radius 3 is 1.83 bits per heavy atom. The van der Waals surface area contributed by atoms with Gasteiger partial charge in [-0.05, 0) is 31.2 Å². The van der Waals surface area contributed by atoms with Crippen LogP contribution < -0.4 is 10.6 Å². The fourth-order valence-electron chi connectivity index (χ4n) is 2.99. The van der Waals surface area contributed by atoms with E-state index >= 15 is 0 Å². The summed E-state index contributed by atoms with van der Waals surface area (Å²) in [4.78, 5) is 26.2. The topological polar surface area (TPSA) is 72.5 Å². The van der Waals surface area contributed by atoms with Crippen molar-refractivity contribution in [1.29, 1.82) is 0 Å². The lowest BCUT2D eigenvalue weighted by molar-refractivity contribution is 0.0882. The molecule has 0 bridgehead atoms. The van der Waals surface area contributed by atoms with Gasteiger partial charge < -0.3 is 9.84 Å². The third-order valence-electron chi connectivity index (χ3n) is 4.39. The van der Waals surface area contributed by atoms with E-state index in [0.717, 1.165) is 0 Å². The third-order valence-corrected chi connectivity index (χ3v) is 7.09. The van der Waals surface area contributed by atoms with Gasteiger partial charge in [0.1, 0.15) is 0 Å². The maximum atomic E-state index is 14.0. The number of nitrogens with one attached hydrogen (secondary N) is 1. The number of rotatable bonds is 8. The number of amides is 1. The smallest absolute Gasteiger partial charge is 0.261 e. The van der Waals surface area contributed by atoms with Crippen molar-refractivity contribution in [3.05, 3.63) is 102 Å². The minimum atomic E-state index is -3.76. The van der Waals surface area contributed by atoms with E-state index in [1.54, 1.807) is 97.9 Å². The van der Waals surface area contributed by atoms with E-state index in [9.17, 15) is 14.2 Å². The molecule has 3 aromatic carbocycles. The van der Waals surface area contributed by atoms with Gasteiger partial charge in [0.15, 0.2) is 11.6 Å². The van der Waals surface area contributed by atoms with Crippen LogP contribution in [0.2, 0.25) is 0 Å². The van der Waals surface area contributed by atoms with Crippen molar-refractivity contribution in [1.82, 2.24) is 5.32 Å². The Bertz CT molecular complexity index is 1010. The molecule has 3 rings (SSSR count). The summed E-state index contributed by atoms with van der Waals surface area (Å²) in [7, 11) is -3.76. The summed E-state index contributed by atoms with van der Waals surface area (Å²) < 4.78 is 19.7. The van der Waals surface area contributed by atoms with E-state index in [1.165, 1.54) is 0 Å². The molecule has 148 valence electrons. The van der Waals surface area contributed by atoms with Crippen LogP contribution in [-0.2, 0) is 9.09 Å². The van der Waals surface area contributed by atoms with E-state index in [2.05, 4.69) is 5.32 Å². The van der Waals surface area contributed by atoms with Crippen molar-refractivity contribution < 1.29 is 18.7 Å². The van der Waals surface area contributed by atoms with Crippen LogP contribution in [0.5, 0.6) is 0 Å². The molecule has 5 nitrogen and oxygen atoms in total. The second-order valence-electron chi connectivity index (χ2n) is 6.32. The second kappa shape index (κ2) is 9.46. The Kier molecular flexibility index (Phi) is 6.76. The zero-order valence-corrected chi connectivity index (χ0v) is 16.9. The number of benzene rings is 3. The van der Waals surface area contributed by atoms with Crippen molar-refractivity contribution >= 4 is 24.4 Å². The highest BCUT2D eigenvalue weighted by Gasteiger charge is 2.42. The van der Waals surface area contributed by atoms with E-state index in [0.29, 0.717) is 16.4 Å². The van der Waals surface area contributed by atoms with Gasteiger partial charge in [-0.1, -0.05) is 66.7 Å². The molecule has 1 amide bonds. The average molecular weight is 407 g/mol. The Hall–Kier alpha value is -3.01. The first-order valence-electron chi connectivity index (χ1n) is 9.31. The number of carbonyl (C=O) groups is 2. The molecule has 0 fully saturated rings. The van der Waals surface area contributed by atoms with Crippen LogP contribution in [0.15, 0.2) is 91.0 Å². The minimum Gasteiger partial charge on any atom is -0.333 e. The fraction of sp³-hybridized carbons (Fsp3) is 0.130. The summed E-state index contributed by atoms with van der Waals surface area (Å²) in [6.07, 6.45) is 0. The summed E-state index contributed by atoms with van der Waals surface area (Å²) in [6, 6.07) is 25.5. The van der Waals surface area contributed by atoms with Crippen LogP contribution in [0, 0.1) is 0 Å². The molecule has 0 spiro atoms. The summed E-state index contributed by atoms with van der Waals surface area (Å²) in [5.74, 6) is -2.30. The highest BCUT2D eigenvalue weighted by atomic mass is 31.2. The standard InChI is InChI=1S/C23H22NO4P/c1-2-28-29(27,20-16-10-5-11-17-20)23(21(25)18-12-6-3-7-13-18)24-22(26)19-14-8-4-9-15-19/h3-17,23H,2H2,1H3,(H,24,26)/t23-,29+/m0/s1. The molecule has 0 saturated heterocycles. The highest BCUT2D eigenvalue weighted by Crippen LogP contribution is 2.50. The van der Waals surface area contributed by atoms with E-state index in [4.69, 9.17) is 4.52 Å². The van der Waals surface area contributed by atoms with Gasteiger partial charge in [-0.3, -0.25) is 14.2 Å². The van der Waals surface area contributed by atoms with Crippen LogP contribution in [0.1, 0.15) is 27.6 Å². The van der Waals surface area contributed by atoms with Crippen LogP contribution in [0.4, 0.5) is 0 Å². The molecule has 1 N–H and O–H groups in total. The maximum absolute atomic E-state index is 14.0. The first-order valence-corrected chi connectivity index (χ1v) is 11.0. The summed E-state index contributed by atoms with van der Waals surface area (Å²) in [5.41, 5.74) is 0.719. The number of Topliss-reactive ketones (excluding diaryl/α,β-unsaturated/α-hetero) is 1. The number of hydrogen-bond donors (Lipinski definition) is 1. The Morgan fingerprint density at radius 1 is 0.828 bits per heavy atom. The van der Waals surface area contributed by atoms with Crippen LogP contribution in [-0.4, -0.2) is 24.1 Å². The van der Waals surface area contributed by atoms with Gasteiger partial charge in [-0.15, -0.1) is 0 Å². The lowest BCUT2D eigenvalue weighted by atomic mass is 10.1. The molecule has 0 radical (unpaired) electrons. The van der Waals surface area contributed by atoms with Crippen molar-refractivity contribution in [2.45, 2.75) is 12.7 Å². The molecule has 0 aliphatic heterocycles. The third kappa shape index (κ3) is 4.70. The van der Waals surface area contributed by atoms with Gasteiger partial charge in [0, 0.05) is 16.4 Å². The van der Waals surface area contributed by atoms with Crippen molar-refractivity contribution in [3.63, 3.8) is 0 Å². The second-order valence-corrected chi connectivity index (χ2v) is 8.81. The molecule has 3 aromatic rings. The lowest BCUT2D eigenvalue weighted by Gasteiger charge is -2.27.